The van der Waals surface area contributed by atoms with Crippen LogP contribution in [0.5, 0.6) is 11.6 Å². The molecule has 0 saturated carbocycles. The van der Waals surface area contributed by atoms with Gasteiger partial charge < -0.3 is 25.0 Å². The summed E-state index contributed by atoms with van der Waals surface area (Å²) >= 11 is 6.18. The Morgan fingerprint density at radius 3 is 2.89 bits per heavy atom. The van der Waals surface area contributed by atoms with Crippen molar-refractivity contribution < 1.29 is 9.47 Å². The maximum atomic E-state index is 6.18. The Morgan fingerprint density at radius 2 is 2.07 bits per heavy atom. The Labute approximate surface area is 161 Å². The van der Waals surface area contributed by atoms with Crippen LogP contribution in [0.3, 0.4) is 0 Å². The molecule has 0 radical (unpaired) electrons. The van der Waals surface area contributed by atoms with Gasteiger partial charge in [-0.1, -0.05) is 11.6 Å². The number of ether oxygens (including phenoxy) is 2. The highest BCUT2D eigenvalue weighted by Gasteiger charge is 2.25. The Bertz CT molecular complexity index is 984. The van der Waals surface area contributed by atoms with E-state index in [1.54, 1.807) is 32.7 Å². The van der Waals surface area contributed by atoms with Gasteiger partial charge in [-0.15, -0.1) is 0 Å². The quantitative estimate of drug-likeness (QED) is 0.687. The van der Waals surface area contributed by atoms with Crippen LogP contribution in [0.2, 0.25) is 5.02 Å². The molecule has 8 nitrogen and oxygen atoms in total. The Hall–Kier alpha value is -3.26. The third-order valence-electron chi connectivity index (χ3n) is 4.09. The summed E-state index contributed by atoms with van der Waals surface area (Å²) in [7, 11) is 3.19. The third kappa shape index (κ3) is 3.26. The molecule has 0 bridgehead atoms. The summed E-state index contributed by atoms with van der Waals surface area (Å²) in [5.41, 5.74) is 2.32. The summed E-state index contributed by atoms with van der Waals surface area (Å²) < 4.78 is 10.7. The zero-order valence-electron chi connectivity index (χ0n) is 14.7. The lowest BCUT2D eigenvalue weighted by molar-refractivity contribution is 0.400. The Kier molecular flexibility index (Phi) is 4.55. The van der Waals surface area contributed by atoms with Gasteiger partial charge in [-0.05, 0) is 30.3 Å². The van der Waals surface area contributed by atoms with E-state index in [2.05, 4.69) is 25.6 Å². The third-order valence-corrected chi connectivity index (χ3v) is 4.33. The number of halogens is 1. The number of aromatic nitrogens is 3. The van der Waals surface area contributed by atoms with Crippen LogP contribution in [0.1, 0.15) is 0 Å². The molecule has 0 fully saturated rings. The molecule has 1 aliphatic rings. The fourth-order valence-corrected chi connectivity index (χ4v) is 3.01. The standard InChI is InChI=1S/C18H17ClN6O2/c1-26-15-6-5-11(19)8-14(15)25-10-22-13-9-21-18(24-16(13)25)23-12-4-3-7-20-17(12)27-2/h3-9,22H,10H2,1-2H3,(H,21,23,24). The van der Waals surface area contributed by atoms with Crippen molar-refractivity contribution in [3.05, 3.63) is 47.7 Å². The van der Waals surface area contributed by atoms with Gasteiger partial charge in [0, 0.05) is 11.2 Å². The molecule has 2 aromatic heterocycles. The second-order valence-electron chi connectivity index (χ2n) is 5.70. The van der Waals surface area contributed by atoms with Crippen molar-refractivity contribution in [3.63, 3.8) is 0 Å². The van der Waals surface area contributed by atoms with Gasteiger partial charge in [-0.2, -0.15) is 4.98 Å². The average molecular weight is 385 g/mol. The van der Waals surface area contributed by atoms with E-state index in [0.717, 1.165) is 17.2 Å². The maximum absolute atomic E-state index is 6.18. The number of nitrogens with zero attached hydrogens (tertiary/aromatic N) is 4. The van der Waals surface area contributed by atoms with Gasteiger partial charge >= 0.3 is 0 Å². The van der Waals surface area contributed by atoms with E-state index in [1.165, 1.54) is 0 Å². The summed E-state index contributed by atoms with van der Waals surface area (Å²) in [4.78, 5) is 15.1. The van der Waals surface area contributed by atoms with E-state index >= 15 is 0 Å². The number of benzene rings is 1. The van der Waals surface area contributed by atoms with Crippen molar-refractivity contribution in [3.8, 4) is 11.6 Å². The zero-order chi connectivity index (χ0) is 18.8. The minimum atomic E-state index is 0.426. The molecule has 1 aliphatic heterocycles. The lowest BCUT2D eigenvalue weighted by atomic mass is 10.2. The number of hydrogen-bond acceptors (Lipinski definition) is 8. The van der Waals surface area contributed by atoms with Crippen LogP contribution in [0.15, 0.2) is 42.7 Å². The molecule has 2 N–H and O–H groups in total. The van der Waals surface area contributed by atoms with Gasteiger partial charge in [0.25, 0.3) is 0 Å². The number of pyridine rings is 1. The van der Waals surface area contributed by atoms with Crippen LogP contribution in [0.25, 0.3) is 0 Å². The normalized spacial score (nSPS) is 12.3. The van der Waals surface area contributed by atoms with Crippen LogP contribution < -0.4 is 25.0 Å². The zero-order valence-corrected chi connectivity index (χ0v) is 15.5. The van der Waals surface area contributed by atoms with Crippen molar-refractivity contribution >= 4 is 40.4 Å². The number of rotatable bonds is 5. The molecule has 3 heterocycles. The van der Waals surface area contributed by atoms with Gasteiger partial charge in [0.05, 0.1) is 38.5 Å². The lowest BCUT2D eigenvalue weighted by Crippen LogP contribution is -2.18. The second-order valence-corrected chi connectivity index (χ2v) is 6.13. The van der Waals surface area contributed by atoms with Crippen molar-refractivity contribution in [2.24, 2.45) is 0 Å². The van der Waals surface area contributed by atoms with Gasteiger partial charge in [0.1, 0.15) is 11.4 Å². The minimum absolute atomic E-state index is 0.426. The first kappa shape index (κ1) is 17.2. The summed E-state index contributed by atoms with van der Waals surface area (Å²) in [6.07, 6.45) is 3.38. The van der Waals surface area contributed by atoms with Gasteiger partial charge in [-0.3, -0.25) is 0 Å². The molecule has 138 valence electrons. The van der Waals surface area contributed by atoms with Crippen LogP contribution in [0.4, 0.5) is 28.8 Å². The number of fused-ring (bicyclic) bond motifs is 1. The average Bonchev–Trinajstić information content (AvgIpc) is 3.11. The second kappa shape index (κ2) is 7.16. The molecule has 0 spiro atoms. The van der Waals surface area contributed by atoms with E-state index < -0.39 is 0 Å². The number of methoxy groups -OCH3 is 2. The molecule has 3 aromatic rings. The van der Waals surface area contributed by atoms with Crippen molar-refractivity contribution in [1.29, 1.82) is 0 Å². The van der Waals surface area contributed by atoms with Crippen molar-refractivity contribution in [1.82, 2.24) is 15.0 Å². The fraction of sp³-hybridized carbons (Fsp3) is 0.167. The lowest BCUT2D eigenvalue weighted by Gasteiger charge is -2.20. The largest absolute Gasteiger partial charge is 0.495 e. The number of hydrogen-bond donors (Lipinski definition) is 2. The highest BCUT2D eigenvalue weighted by atomic mass is 35.5. The van der Waals surface area contributed by atoms with E-state index in [4.69, 9.17) is 21.1 Å². The monoisotopic (exact) mass is 384 g/mol. The molecule has 0 atom stereocenters. The molecule has 9 heteroatoms. The van der Waals surface area contributed by atoms with Gasteiger partial charge in [-0.25, -0.2) is 9.97 Å². The molecular weight excluding hydrogens is 368 g/mol. The Balaban J connectivity index is 1.70. The van der Waals surface area contributed by atoms with E-state index in [1.807, 2.05) is 29.2 Å². The molecule has 0 unspecified atom stereocenters. The predicted molar refractivity (Wildman–Crippen MR) is 105 cm³/mol. The molecule has 0 aliphatic carbocycles. The summed E-state index contributed by atoms with van der Waals surface area (Å²) in [6.45, 7) is 0.528. The van der Waals surface area contributed by atoms with Crippen molar-refractivity contribution in [2.45, 2.75) is 0 Å². The van der Waals surface area contributed by atoms with E-state index in [-0.39, 0.29) is 0 Å². The van der Waals surface area contributed by atoms with Crippen LogP contribution in [-0.4, -0.2) is 35.8 Å². The fourth-order valence-electron chi connectivity index (χ4n) is 2.85. The first-order valence-electron chi connectivity index (χ1n) is 8.17. The van der Waals surface area contributed by atoms with Gasteiger partial charge in [0.15, 0.2) is 5.82 Å². The first-order valence-corrected chi connectivity index (χ1v) is 8.55. The highest BCUT2D eigenvalue weighted by molar-refractivity contribution is 6.31. The summed E-state index contributed by atoms with van der Waals surface area (Å²) in [5, 5.41) is 7.03. The SMILES string of the molecule is COc1ccc(Cl)cc1N1CNc2cnc(Nc3cccnc3OC)nc21. The first-order chi connectivity index (χ1) is 13.2. The molecule has 0 saturated heterocycles. The smallest absolute Gasteiger partial charge is 0.237 e. The van der Waals surface area contributed by atoms with E-state index in [0.29, 0.717) is 35.0 Å². The topological polar surface area (TPSA) is 84.4 Å². The molecule has 0 amide bonds. The van der Waals surface area contributed by atoms with E-state index in [9.17, 15) is 0 Å². The summed E-state index contributed by atoms with van der Waals surface area (Å²) in [6, 6.07) is 9.12. The number of anilines is 5. The van der Waals surface area contributed by atoms with Crippen LogP contribution >= 0.6 is 11.6 Å². The van der Waals surface area contributed by atoms with Crippen molar-refractivity contribution in [2.75, 3.05) is 36.4 Å². The van der Waals surface area contributed by atoms with Gasteiger partial charge in [0.2, 0.25) is 11.8 Å². The molecule has 27 heavy (non-hydrogen) atoms. The van der Waals surface area contributed by atoms with Crippen LogP contribution in [-0.2, 0) is 0 Å². The number of nitrogens with one attached hydrogen (secondary N) is 2. The summed E-state index contributed by atoms with van der Waals surface area (Å²) in [5.74, 6) is 2.31. The predicted octanol–water partition coefficient (Wildman–Crippen LogP) is 3.81. The highest BCUT2D eigenvalue weighted by Crippen LogP contribution is 2.41. The maximum Gasteiger partial charge on any atom is 0.237 e. The minimum Gasteiger partial charge on any atom is -0.495 e. The molecule has 4 rings (SSSR count). The molecular formula is C18H17ClN6O2. The van der Waals surface area contributed by atoms with Crippen LogP contribution in [0, 0.1) is 0 Å². The molecule has 1 aromatic carbocycles. The Morgan fingerprint density at radius 1 is 1.19 bits per heavy atom.